The zero-order valence-electron chi connectivity index (χ0n) is 13.5. The van der Waals surface area contributed by atoms with Crippen LogP contribution in [-0.4, -0.2) is 34.5 Å². The summed E-state index contributed by atoms with van der Waals surface area (Å²) in [4.78, 5) is 2.26. The number of hydrogen-bond donors (Lipinski definition) is 2. The van der Waals surface area contributed by atoms with E-state index in [4.69, 9.17) is 0 Å². The molecule has 1 fully saturated rings. The molecule has 2 heterocycles. The Morgan fingerprint density at radius 2 is 2.00 bits per heavy atom. The summed E-state index contributed by atoms with van der Waals surface area (Å²) in [7, 11) is 0. The Bertz CT molecular complexity index is 854. The van der Waals surface area contributed by atoms with E-state index in [1.165, 1.54) is 0 Å². The second-order valence-corrected chi connectivity index (χ2v) is 6.32. The van der Waals surface area contributed by atoms with E-state index in [0.717, 1.165) is 47.2 Å². The van der Waals surface area contributed by atoms with Crippen molar-refractivity contribution in [3.05, 3.63) is 59.8 Å². The number of β-amino-alcohol motifs (C(OH)–C–C–N with tert-alkyl or cyclic N) is 1. The zero-order valence-corrected chi connectivity index (χ0v) is 13.5. The first kappa shape index (κ1) is 15.0. The number of aromatic amines is 1. The Morgan fingerprint density at radius 1 is 1.12 bits per heavy atom. The summed E-state index contributed by atoms with van der Waals surface area (Å²) < 4.78 is 0. The van der Waals surface area contributed by atoms with E-state index < -0.39 is 0 Å². The van der Waals surface area contributed by atoms with Crippen LogP contribution in [-0.2, 0) is 0 Å². The number of aliphatic hydroxyl groups is 1. The second kappa shape index (κ2) is 6.49. The lowest BCUT2D eigenvalue weighted by atomic mass is 10.1. The molecule has 4 heteroatoms. The molecule has 3 aromatic rings. The molecular formula is C20H21N3O. The molecule has 0 bridgehead atoms. The molecule has 1 saturated heterocycles. The van der Waals surface area contributed by atoms with E-state index in [1.807, 2.05) is 24.3 Å². The smallest absolute Gasteiger partial charge is 0.0928 e. The fourth-order valence-corrected chi connectivity index (χ4v) is 3.27. The number of piperidine rings is 1. The Hall–Kier alpha value is -2.59. The summed E-state index contributed by atoms with van der Waals surface area (Å²) in [6.07, 6.45) is 5.83. The first-order valence-electron chi connectivity index (χ1n) is 8.44. The van der Waals surface area contributed by atoms with Gasteiger partial charge in [0.05, 0.1) is 17.3 Å². The van der Waals surface area contributed by atoms with Gasteiger partial charge < -0.3 is 10.0 Å². The van der Waals surface area contributed by atoms with E-state index >= 15 is 0 Å². The number of nitrogens with one attached hydrogen (secondary N) is 1. The Labute approximate surface area is 141 Å². The van der Waals surface area contributed by atoms with Crippen molar-refractivity contribution in [2.75, 3.05) is 18.0 Å². The van der Waals surface area contributed by atoms with Gasteiger partial charge in [-0.15, -0.1) is 0 Å². The Balaban J connectivity index is 1.65. The van der Waals surface area contributed by atoms with Crippen LogP contribution in [0, 0.1) is 0 Å². The van der Waals surface area contributed by atoms with E-state index in [9.17, 15) is 5.11 Å². The molecule has 1 atom stereocenters. The predicted octanol–water partition coefficient (Wildman–Crippen LogP) is 3.69. The molecule has 1 aromatic heterocycles. The molecule has 1 aliphatic rings. The monoisotopic (exact) mass is 319 g/mol. The minimum atomic E-state index is -0.226. The van der Waals surface area contributed by atoms with E-state index in [0.29, 0.717) is 6.54 Å². The van der Waals surface area contributed by atoms with Crippen LogP contribution in [0.25, 0.3) is 23.1 Å². The number of rotatable bonds is 3. The average Bonchev–Trinajstić information content (AvgIpc) is 3.03. The first-order valence-corrected chi connectivity index (χ1v) is 8.44. The van der Waals surface area contributed by atoms with Gasteiger partial charge in [0.2, 0.25) is 0 Å². The van der Waals surface area contributed by atoms with Gasteiger partial charge >= 0.3 is 0 Å². The van der Waals surface area contributed by atoms with Gasteiger partial charge in [0.25, 0.3) is 0 Å². The van der Waals surface area contributed by atoms with Crippen LogP contribution in [0.5, 0.6) is 0 Å². The minimum Gasteiger partial charge on any atom is -0.391 e. The van der Waals surface area contributed by atoms with E-state index in [-0.39, 0.29) is 6.10 Å². The quantitative estimate of drug-likeness (QED) is 0.774. The SMILES string of the molecule is OC1CCCN(c2ccc3[nH]nc(/C=C/c4ccccc4)c3c2)C1. The molecule has 24 heavy (non-hydrogen) atoms. The molecule has 0 aliphatic carbocycles. The number of anilines is 1. The van der Waals surface area contributed by atoms with Crippen molar-refractivity contribution in [2.24, 2.45) is 0 Å². The highest BCUT2D eigenvalue weighted by atomic mass is 16.3. The highest BCUT2D eigenvalue weighted by Crippen LogP contribution is 2.26. The number of nitrogens with zero attached hydrogens (tertiary/aromatic N) is 2. The van der Waals surface area contributed by atoms with Crippen molar-refractivity contribution in [1.29, 1.82) is 0 Å². The van der Waals surface area contributed by atoms with Crippen LogP contribution < -0.4 is 4.90 Å². The number of fused-ring (bicyclic) bond motifs is 1. The van der Waals surface area contributed by atoms with Gasteiger partial charge in [-0.3, -0.25) is 5.10 Å². The highest BCUT2D eigenvalue weighted by molar-refractivity contribution is 5.91. The lowest BCUT2D eigenvalue weighted by Crippen LogP contribution is -2.38. The molecule has 0 spiro atoms. The molecule has 1 unspecified atom stereocenters. The number of aromatic nitrogens is 2. The van der Waals surface area contributed by atoms with Gasteiger partial charge in [0.1, 0.15) is 0 Å². The summed E-state index contributed by atoms with van der Waals surface area (Å²) in [5, 5.41) is 18.5. The van der Waals surface area contributed by atoms with Gasteiger partial charge in [0.15, 0.2) is 0 Å². The minimum absolute atomic E-state index is 0.226. The molecule has 122 valence electrons. The number of aliphatic hydroxyl groups excluding tert-OH is 1. The van der Waals surface area contributed by atoms with Crippen molar-refractivity contribution in [1.82, 2.24) is 10.2 Å². The third kappa shape index (κ3) is 3.05. The lowest BCUT2D eigenvalue weighted by Gasteiger charge is -2.32. The van der Waals surface area contributed by atoms with E-state index in [1.54, 1.807) is 0 Å². The zero-order chi connectivity index (χ0) is 16.4. The average molecular weight is 319 g/mol. The summed E-state index contributed by atoms with van der Waals surface area (Å²) in [6.45, 7) is 1.70. The maximum absolute atomic E-state index is 9.91. The topological polar surface area (TPSA) is 52.1 Å². The predicted molar refractivity (Wildman–Crippen MR) is 98.9 cm³/mol. The van der Waals surface area contributed by atoms with Crippen molar-refractivity contribution in [2.45, 2.75) is 18.9 Å². The summed E-state index contributed by atoms with van der Waals surface area (Å²) in [5.74, 6) is 0. The lowest BCUT2D eigenvalue weighted by molar-refractivity contribution is 0.154. The van der Waals surface area contributed by atoms with Crippen LogP contribution in [0.2, 0.25) is 0 Å². The molecule has 0 saturated carbocycles. The van der Waals surface area contributed by atoms with Crippen molar-refractivity contribution in [3.8, 4) is 0 Å². The molecule has 4 nitrogen and oxygen atoms in total. The van der Waals surface area contributed by atoms with Gasteiger partial charge in [-0.05, 0) is 42.7 Å². The first-order chi connectivity index (χ1) is 11.8. The number of hydrogen-bond acceptors (Lipinski definition) is 3. The third-order valence-corrected chi connectivity index (χ3v) is 4.57. The third-order valence-electron chi connectivity index (χ3n) is 4.57. The summed E-state index contributed by atoms with van der Waals surface area (Å²) in [6, 6.07) is 16.6. The van der Waals surface area contributed by atoms with Gasteiger partial charge in [-0.1, -0.05) is 36.4 Å². The van der Waals surface area contributed by atoms with E-state index in [2.05, 4.69) is 51.5 Å². The van der Waals surface area contributed by atoms with Crippen LogP contribution in [0.15, 0.2) is 48.5 Å². The molecule has 2 N–H and O–H groups in total. The maximum Gasteiger partial charge on any atom is 0.0928 e. The molecule has 2 aromatic carbocycles. The fraction of sp³-hybridized carbons (Fsp3) is 0.250. The molecule has 4 rings (SSSR count). The summed E-state index contributed by atoms with van der Waals surface area (Å²) in [5.41, 5.74) is 4.28. The Morgan fingerprint density at radius 3 is 2.83 bits per heavy atom. The molecular weight excluding hydrogens is 298 g/mol. The number of H-pyrrole nitrogens is 1. The van der Waals surface area contributed by atoms with Crippen molar-refractivity contribution < 1.29 is 5.11 Å². The van der Waals surface area contributed by atoms with Gasteiger partial charge in [0, 0.05) is 24.2 Å². The maximum atomic E-state index is 9.91. The van der Waals surface area contributed by atoms with Gasteiger partial charge in [-0.25, -0.2) is 0 Å². The van der Waals surface area contributed by atoms with Crippen LogP contribution in [0.1, 0.15) is 24.1 Å². The van der Waals surface area contributed by atoms with Crippen LogP contribution in [0.3, 0.4) is 0 Å². The molecule has 1 aliphatic heterocycles. The summed E-state index contributed by atoms with van der Waals surface area (Å²) >= 11 is 0. The van der Waals surface area contributed by atoms with Crippen molar-refractivity contribution >= 4 is 28.7 Å². The normalized spacial score (nSPS) is 18.5. The molecule has 0 amide bonds. The molecule has 0 radical (unpaired) electrons. The van der Waals surface area contributed by atoms with Crippen molar-refractivity contribution in [3.63, 3.8) is 0 Å². The van der Waals surface area contributed by atoms with Gasteiger partial charge in [-0.2, -0.15) is 5.10 Å². The second-order valence-electron chi connectivity index (χ2n) is 6.32. The number of benzene rings is 2. The van der Waals surface area contributed by atoms with Crippen LogP contribution in [0.4, 0.5) is 5.69 Å². The standard InChI is InChI=1S/C20H21N3O/c24-17-7-4-12-23(14-17)16-9-11-20-18(13-16)19(21-22-20)10-8-15-5-2-1-3-6-15/h1-3,5-6,8-11,13,17,24H,4,7,12,14H2,(H,21,22)/b10-8+. The Kier molecular flexibility index (Phi) is 4.05. The largest absolute Gasteiger partial charge is 0.391 e. The fourth-order valence-electron chi connectivity index (χ4n) is 3.27. The van der Waals surface area contributed by atoms with Crippen LogP contribution >= 0.6 is 0 Å². The highest BCUT2D eigenvalue weighted by Gasteiger charge is 2.18.